The molecule has 0 saturated carbocycles. The molecule has 0 aliphatic carbocycles. The molecule has 2 aliphatic rings. The van der Waals surface area contributed by atoms with Gasteiger partial charge in [-0.15, -0.1) is 0 Å². The first-order valence-electron chi connectivity index (χ1n) is 11.1. The normalized spacial score (nSPS) is 15.8. The van der Waals surface area contributed by atoms with Gasteiger partial charge >= 0.3 is 0 Å². The van der Waals surface area contributed by atoms with Gasteiger partial charge in [0.15, 0.2) is 23.0 Å². The zero-order chi connectivity index (χ0) is 23.5. The number of anilines is 1. The Hall–Kier alpha value is -3.79. The van der Waals surface area contributed by atoms with Crippen LogP contribution in [0.15, 0.2) is 40.9 Å². The number of rotatable bonds is 7. The second-order valence-corrected chi connectivity index (χ2v) is 8.19. The average molecular weight is 466 g/mol. The Morgan fingerprint density at radius 3 is 2.65 bits per heavy atom. The molecule has 1 amide bonds. The standard InChI is InChI=1S/C24H26N4O6/c1-30-18-5-3-16(11-20(18)31-2)23-26-22(34-27-23)13-28-9-7-15(8-10-28)24(29)25-17-4-6-19-21(12-17)33-14-32-19/h3-6,11-12,15H,7-10,13-14H2,1-2H3,(H,25,29). The first-order chi connectivity index (χ1) is 16.6. The Bertz CT molecular complexity index is 1170. The maximum Gasteiger partial charge on any atom is 0.241 e. The molecule has 0 radical (unpaired) electrons. The number of hydrogen-bond donors (Lipinski definition) is 1. The fraction of sp³-hybridized carbons (Fsp3) is 0.375. The molecule has 0 atom stereocenters. The van der Waals surface area contributed by atoms with E-state index in [1.807, 2.05) is 24.3 Å². The lowest BCUT2D eigenvalue weighted by Crippen LogP contribution is -2.37. The highest BCUT2D eigenvalue weighted by Crippen LogP contribution is 2.35. The SMILES string of the molecule is COc1ccc(-c2noc(CN3CCC(C(=O)Nc4ccc5c(c4)OCO5)CC3)n2)cc1OC. The second-order valence-electron chi connectivity index (χ2n) is 8.19. The van der Waals surface area contributed by atoms with Gasteiger partial charge in [-0.2, -0.15) is 4.98 Å². The predicted octanol–water partition coefficient (Wildman–Crippen LogP) is 3.33. The number of likely N-dealkylation sites (tertiary alicyclic amines) is 1. The number of fused-ring (bicyclic) bond motifs is 1. The molecule has 5 rings (SSSR count). The molecule has 2 aromatic carbocycles. The molecule has 3 aromatic rings. The number of nitrogens with one attached hydrogen (secondary N) is 1. The van der Waals surface area contributed by atoms with Crippen LogP contribution in [0.1, 0.15) is 18.7 Å². The van der Waals surface area contributed by atoms with Gasteiger partial charge in [-0.25, -0.2) is 0 Å². The molecular weight excluding hydrogens is 440 g/mol. The highest BCUT2D eigenvalue weighted by Gasteiger charge is 2.26. The van der Waals surface area contributed by atoms with E-state index in [0.717, 1.165) is 31.5 Å². The summed E-state index contributed by atoms with van der Waals surface area (Å²) in [6.45, 7) is 2.29. The number of carbonyl (C=O) groups excluding carboxylic acids is 1. The third-order valence-electron chi connectivity index (χ3n) is 6.07. The van der Waals surface area contributed by atoms with Gasteiger partial charge in [0, 0.05) is 23.2 Å². The Kier molecular flexibility index (Phi) is 6.22. The molecular formula is C24H26N4O6. The van der Waals surface area contributed by atoms with Gasteiger partial charge in [0.1, 0.15) is 0 Å². The number of ether oxygens (including phenoxy) is 4. The largest absolute Gasteiger partial charge is 0.493 e. The van der Waals surface area contributed by atoms with Gasteiger partial charge in [-0.3, -0.25) is 9.69 Å². The van der Waals surface area contributed by atoms with Gasteiger partial charge in [0.25, 0.3) is 0 Å². The van der Waals surface area contributed by atoms with Crippen molar-refractivity contribution in [1.29, 1.82) is 0 Å². The molecule has 1 aromatic heterocycles. The summed E-state index contributed by atoms with van der Waals surface area (Å²) in [4.78, 5) is 19.5. The molecule has 0 bridgehead atoms. The van der Waals surface area contributed by atoms with Crippen molar-refractivity contribution >= 4 is 11.6 Å². The fourth-order valence-corrected chi connectivity index (χ4v) is 4.17. The molecule has 10 heteroatoms. The summed E-state index contributed by atoms with van der Waals surface area (Å²) in [5.41, 5.74) is 1.50. The quantitative estimate of drug-likeness (QED) is 0.561. The van der Waals surface area contributed by atoms with Gasteiger partial charge in [-0.1, -0.05) is 5.16 Å². The number of nitrogens with zero attached hydrogens (tertiary/aromatic N) is 3. The van der Waals surface area contributed by atoms with Crippen molar-refractivity contribution in [2.75, 3.05) is 39.4 Å². The van der Waals surface area contributed by atoms with Crippen molar-refractivity contribution in [3.63, 3.8) is 0 Å². The van der Waals surface area contributed by atoms with Crippen LogP contribution < -0.4 is 24.3 Å². The topological polar surface area (TPSA) is 108 Å². The zero-order valence-electron chi connectivity index (χ0n) is 19.1. The molecule has 1 fully saturated rings. The summed E-state index contributed by atoms with van der Waals surface area (Å²) in [6.07, 6.45) is 1.51. The lowest BCUT2D eigenvalue weighted by atomic mass is 9.96. The van der Waals surface area contributed by atoms with Gasteiger partial charge in [-0.05, 0) is 56.3 Å². The van der Waals surface area contributed by atoms with E-state index in [1.165, 1.54) is 0 Å². The van der Waals surface area contributed by atoms with Crippen molar-refractivity contribution in [2.24, 2.45) is 5.92 Å². The summed E-state index contributed by atoms with van der Waals surface area (Å²) in [5.74, 6) is 3.59. The smallest absolute Gasteiger partial charge is 0.241 e. The van der Waals surface area contributed by atoms with Crippen molar-refractivity contribution in [3.05, 3.63) is 42.3 Å². The van der Waals surface area contributed by atoms with Crippen molar-refractivity contribution in [2.45, 2.75) is 19.4 Å². The molecule has 2 aliphatic heterocycles. The van der Waals surface area contributed by atoms with Crippen molar-refractivity contribution < 1.29 is 28.3 Å². The highest BCUT2D eigenvalue weighted by atomic mass is 16.7. The molecule has 10 nitrogen and oxygen atoms in total. The number of methoxy groups -OCH3 is 2. The minimum Gasteiger partial charge on any atom is -0.493 e. The summed E-state index contributed by atoms with van der Waals surface area (Å²) in [6, 6.07) is 10.9. The van der Waals surface area contributed by atoms with E-state index in [0.29, 0.717) is 46.9 Å². The maximum absolute atomic E-state index is 12.7. The van der Waals surface area contributed by atoms with E-state index in [2.05, 4.69) is 20.4 Å². The lowest BCUT2D eigenvalue weighted by Gasteiger charge is -2.30. The molecule has 1 saturated heterocycles. The van der Waals surface area contributed by atoms with E-state index < -0.39 is 0 Å². The lowest BCUT2D eigenvalue weighted by molar-refractivity contribution is -0.121. The molecule has 0 spiro atoms. The molecule has 3 heterocycles. The number of piperidine rings is 1. The molecule has 178 valence electrons. The second kappa shape index (κ2) is 9.60. The Morgan fingerprint density at radius 1 is 1.06 bits per heavy atom. The van der Waals surface area contributed by atoms with Crippen molar-refractivity contribution in [1.82, 2.24) is 15.0 Å². The van der Waals surface area contributed by atoms with E-state index >= 15 is 0 Å². The number of carbonyl (C=O) groups is 1. The van der Waals surface area contributed by atoms with E-state index in [9.17, 15) is 4.79 Å². The number of hydrogen-bond acceptors (Lipinski definition) is 9. The minimum absolute atomic E-state index is 0.0204. The fourth-order valence-electron chi connectivity index (χ4n) is 4.17. The van der Waals surface area contributed by atoms with Crippen LogP contribution in [0.3, 0.4) is 0 Å². The predicted molar refractivity (Wildman–Crippen MR) is 122 cm³/mol. The summed E-state index contributed by atoms with van der Waals surface area (Å²) in [5, 5.41) is 7.10. The van der Waals surface area contributed by atoms with Crippen LogP contribution in [-0.2, 0) is 11.3 Å². The van der Waals surface area contributed by atoms with Crippen LogP contribution in [0.4, 0.5) is 5.69 Å². The van der Waals surface area contributed by atoms with Crippen LogP contribution in [-0.4, -0.2) is 55.0 Å². The van der Waals surface area contributed by atoms with Gasteiger partial charge < -0.3 is 28.8 Å². The molecule has 34 heavy (non-hydrogen) atoms. The molecule has 1 N–H and O–H groups in total. The van der Waals surface area contributed by atoms with Crippen LogP contribution in [0.25, 0.3) is 11.4 Å². The van der Waals surface area contributed by atoms with Crippen molar-refractivity contribution in [3.8, 4) is 34.4 Å². The maximum atomic E-state index is 12.7. The number of aromatic nitrogens is 2. The van der Waals surface area contributed by atoms with E-state index in [-0.39, 0.29) is 18.6 Å². The Morgan fingerprint density at radius 2 is 1.85 bits per heavy atom. The zero-order valence-corrected chi connectivity index (χ0v) is 19.1. The summed E-state index contributed by atoms with van der Waals surface area (Å²) < 4.78 is 26.8. The first kappa shape index (κ1) is 22.0. The number of benzene rings is 2. The summed E-state index contributed by atoms with van der Waals surface area (Å²) in [7, 11) is 3.18. The highest BCUT2D eigenvalue weighted by molar-refractivity contribution is 5.93. The average Bonchev–Trinajstić information content (AvgIpc) is 3.53. The third-order valence-corrected chi connectivity index (χ3v) is 6.07. The van der Waals surface area contributed by atoms with E-state index in [4.69, 9.17) is 23.5 Å². The van der Waals surface area contributed by atoms with Crippen LogP contribution in [0, 0.1) is 5.92 Å². The van der Waals surface area contributed by atoms with Crippen LogP contribution in [0.5, 0.6) is 23.0 Å². The van der Waals surface area contributed by atoms with Crippen LogP contribution >= 0.6 is 0 Å². The van der Waals surface area contributed by atoms with E-state index in [1.54, 1.807) is 26.4 Å². The van der Waals surface area contributed by atoms with Gasteiger partial charge in [0.2, 0.25) is 24.4 Å². The molecule has 0 unspecified atom stereocenters. The summed E-state index contributed by atoms with van der Waals surface area (Å²) >= 11 is 0. The van der Waals surface area contributed by atoms with Crippen LogP contribution in [0.2, 0.25) is 0 Å². The Balaban J connectivity index is 1.14. The Labute approximate surface area is 196 Å². The van der Waals surface area contributed by atoms with Gasteiger partial charge in [0.05, 0.1) is 20.8 Å². The minimum atomic E-state index is -0.0494. The number of amides is 1. The monoisotopic (exact) mass is 466 g/mol. The first-order valence-corrected chi connectivity index (χ1v) is 11.1. The third kappa shape index (κ3) is 4.62.